The van der Waals surface area contributed by atoms with Gasteiger partial charge in [-0.25, -0.2) is 4.99 Å². The normalized spacial score (nSPS) is 20.1. The second-order valence-corrected chi connectivity index (χ2v) is 11.3. The molecule has 0 unspecified atom stereocenters. The highest BCUT2D eigenvalue weighted by Gasteiger charge is 2.29. The number of hydrogen-bond donors (Lipinski definition) is 4. The molecule has 0 aliphatic carbocycles. The number of aliphatic carboxylic acids is 1. The number of allylic oxidation sites excluding steroid dienone is 1. The molecule has 44 heavy (non-hydrogen) atoms. The second kappa shape index (κ2) is 13.3. The largest absolute Gasteiger partial charge is 0.481 e. The summed E-state index contributed by atoms with van der Waals surface area (Å²) in [6.07, 6.45) is 8.61. The number of methoxy groups -OCH3 is 1. The lowest BCUT2D eigenvalue weighted by Crippen LogP contribution is -2.30. The van der Waals surface area contributed by atoms with Gasteiger partial charge in [-0.05, 0) is 93.0 Å². The van der Waals surface area contributed by atoms with Gasteiger partial charge in [-0.15, -0.1) is 0 Å². The summed E-state index contributed by atoms with van der Waals surface area (Å²) in [5, 5.41) is 13.9. The van der Waals surface area contributed by atoms with Crippen molar-refractivity contribution in [1.82, 2.24) is 15.3 Å². The van der Waals surface area contributed by atoms with Gasteiger partial charge in [0.2, 0.25) is 0 Å². The van der Waals surface area contributed by atoms with Gasteiger partial charge in [0.05, 0.1) is 24.8 Å². The molecule has 2 aliphatic rings. The highest BCUT2D eigenvalue weighted by Crippen LogP contribution is 2.27. The predicted octanol–water partition coefficient (Wildman–Crippen LogP) is 2.80. The maximum absolute atomic E-state index is 12.4. The van der Waals surface area contributed by atoms with Crippen LogP contribution in [0.25, 0.3) is 12.2 Å². The van der Waals surface area contributed by atoms with Gasteiger partial charge in [0.25, 0.3) is 11.8 Å². The number of aliphatic imine (C=N–C) groups is 1. The monoisotopic (exact) mass is 600 g/mol. The van der Waals surface area contributed by atoms with Crippen LogP contribution in [0.4, 0.5) is 0 Å². The van der Waals surface area contributed by atoms with Gasteiger partial charge in [-0.3, -0.25) is 19.2 Å². The molecule has 2 aromatic rings. The minimum Gasteiger partial charge on any atom is -0.481 e. The average molecular weight is 601 g/mol. The maximum atomic E-state index is 12.4. The van der Waals surface area contributed by atoms with E-state index >= 15 is 0 Å². The van der Waals surface area contributed by atoms with Gasteiger partial charge in [0.15, 0.2) is 0 Å². The third-order valence-electron chi connectivity index (χ3n) is 8.72. The Hall–Kier alpha value is -4.73. The molecule has 2 aliphatic heterocycles. The number of amides is 2. The highest BCUT2D eigenvalue weighted by molar-refractivity contribution is 6.29. The van der Waals surface area contributed by atoms with E-state index in [0.717, 1.165) is 55.5 Å². The van der Waals surface area contributed by atoms with Crippen LogP contribution in [0.1, 0.15) is 67.3 Å². The van der Waals surface area contributed by atoms with Crippen LogP contribution in [0.2, 0.25) is 0 Å². The number of esters is 1. The molecule has 0 saturated carbocycles. The Morgan fingerprint density at radius 2 is 1.73 bits per heavy atom. The van der Waals surface area contributed by atoms with Crippen LogP contribution >= 0.6 is 0 Å². The fraction of sp³-hybridized carbons (Fsp3) is 0.382. The molecule has 10 nitrogen and oxygen atoms in total. The minimum absolute atomic E-state index is 0.0572. The van der Waals surface area contributed by atoms with E-state index in [0.29, 0.717) is 30.5 Å². The summed E-state index contributed by atoms with van der Waals surface area (Å²) >= 11 is 0. The summed E-state index contributed by atoms with van der Waals surface area (Å²) in [7, 11) is 1.36. The van der Waals surface area contributed by atoms with Crippen LogP contribution in [0.5, 0.6) is 0 Å². The first-order chi connectivity index (χ1) is 20.9. The van der Waals surface area contributed by atoms with Crippen molar-refractivity contribution in [3.8, 4) is 0 Å². The minimum atomic E-state index is -0.907. The molecule has 0 spiro atoms. The number of H-pyrrole nitrogens is 2. The van der Waals surface area contributed by atoms with Crippen LogP contribution in [0.15, 0.2) is 40.4 Å². The number of ether oxygens (including phenoxy) is 1. The van der Waals surface area contributed by atoms with Gasteiger partial charge in [0, 0.05) is 46.9 Å². The standard InChI is InChI=1S/C34H40N4O6/c1-8-21-20(6)33(42)38-28(21)15-26-18(4)23(10-12-31(39)40)29(36-26)16-30-24(11-13-32(41)44-7)19(5)25(35-30)14-27-17(3)22(9-2)34(43)37-27/h8-9,15-16,20,27,35-36H,2,10-14H2,1,3-7H3,(H,37,43)(H,39,40)/b21-8-,26-15+,29-16-/t20-,27-/m1/s1. The van der Waals surface area contributed by atoms with E-state index in [4.69, 9.17) is 4.74 Å². The molecule has 10 heteroatoms. The van der Waals surface area contributed by atoms with E-state index in [2.05, 4.69) is 26.9 Å². The first-order valence-electron chi connectivity index (χ1n) is 14.7. The Morgan fingerprint density at radius 1 is 1.02 bits per heavy atom. The number of hydrogen-bond acceptors (Lipinski definition) is 5. The van der Waals surface area contributed by atoms with Crippen molar-refractivity contribution in [2.75, 3.05) is 7.11 Å². The molecular formula is C34H40N4O6. The lowest BCUT2D eigenvalue weighted by molar-refractivity contribution is -0.140. The first-order valence-corrected chi connectivity index (χ1v) is 14.7. The van der Waals surface area contributed by atoms with Crippen LogP contribution in [-0.2, 0) is 43.2 Å². The Labute approximate surface area is 256 Å². The fourth-order valence-electron chi connectivity index (χ4n) is 6.00. The van der Waals surface area contributed by atoms with Gasteiger partial charge >= 0.3 is 11.9 Å². The van der Waals surface area contributed by atoms with Crippen molar-refractivity contribution in [1.29, 1.82) is 0 Å². The summed E-state index contributed by atoms with van der Waals surface area (Å²) in [5.74, 6) is -1.90. The van der Waals surface area contributed by atoms with E-state index in [9.17, 15) is 24.3 Å². The Morgan fingerprint density at radius 3 is 2.34 bits per heavy atom. The van der Waals surface area contributed by atoms with Crippen molar-refractivity contribution in [2.24, 2.45) is 10.9 Å². The highest BCUT2D eigenvalue weighted by atomic mass is 16.5. The summed E-state index contributed by atoms with van der Waals surface area (Å²) in [6.45, 7) is 13.3. The van der Waals surface area contributed by atoms with E-state index in [1.807, 2.05) is 52.8 Å². The zero-order valence-electron chi connectivity index (χ0n) is 26.1. The third-order valence-corrected chi connectivity index (χ3v) is 8.72. The number of nitrogens with one attached hydrogen (secondary N) is 3. The molecule has 2 amide bonds. The Kier molecular flexibility index (Phi) is 9.71. The number of carboxylic acids is 1. The van der Waals surface area contributed by atoms with Crippen molar-refractivity contribution in [3.63, 3.8) is 0 Å². The second-order valence-electron chi connectivity index (χ2n) is 11.3. The lowest BCUT2D eigenvalue weighted by Gasteiger charge is -2.12. The van der Waals surface area contributed by atoms with Crippen molar-refractivity contribution < 1.29 is 29.0 Å². The van der Waals surface area contributed by atoms with E-state index in [1.165, 1.54) is 7.11 Å². The summed E-state index contributed by atoms with van der Waals surface area (Å²) in [5.41, 5.74) is 8.23. The van der Waals surface area contributed by atoms with Crippen LogP contribution in [-0.4, -0.2) is 57.7 Å². The molecule has 4 N–H and O–H groups in total. The number of aromatic amines is 2. The quantitative estimate of drug-likeness (QED) is 0.291. The van der Waals surface area contributed by atoms with Crippen molar-refractivity contribution >= 4 is 41.6 Å². The number of carbonyl (C=O) groups is 4. The van der Waals surface area contributed by atoms with Gasteiger partial charge in [-0.2, -0.15) is 0 Å². The maximum Gasteiger partial charge on any atom is 0.305 e. The van der Waals surface area contributed by atoms with E-state index < -0.39 is 5.97 Å². The van der Waals surface area contributed by atoms with E-state index in [-0.39, 0.29) is 42.6 Å². The predicted molar refractivity (Wildman–Crippen MR) is 169 cm³/mol. The summed E-state index contributed by atoms with van der Waals surface area (Å²) in [6, 6.07) is -0.202. The fourth-order valence-corrected chi connectivity index (χ4v) is 6.00. The third kappa shape index (κ3) is 6.44. The summed E-state index contributed by atoms with van der Waals surface area (Å²) in [4.78, 5) is 59.6. The molecule has 4 heterocycles. The van der Waals surface area contributed by atoms with Crippen LogP contribution in [0, 0.1) is 19.8 Å². The number of carbonyl (C=O) groups excluding carboxylic acids is 3. The molecule has 232 valence electrons. The number of aromatic nitrogens is 2. The van der Waals surface area contributed by atoms with Crippen LogP contribution in [0.3, 0.4) is 0 Å². The molecule has 2 atom stereocenters. The first kappa shape index (κ1) is 32.2. The molecular weight excluding hydrogens is 560 g/mol. The topological polar surface area (TPSA) is 154 Å². The Bertz CT molecular complexity index is 1760. The molecule has 4 rings (SSSR count). The zero-order chi connectivity index (χ0) is 32.3. The average Bonchev–Trinajstić information content (AvgIpc) is 3.63. The number of carboxylic acid groups (broad SMARTS) is 1. The van der Waals surface area contributed by atoms with Crippen molar-refractivity contribution in [2.45, 2.75) is 72.8 Å². The van der Waals surface area contributed by atoms with Gasteiger partial charge < -0.3 is 25.1 Å². The number of nitrogens with zero attached hydrogens (tertiary/aromatic N) is 1. The molecule has 0 saturated heterocycles. The Balaban J connectivity index is 1.86. The SMILES string of the molecule is C=CC1=C(C)[C@@H](Cc2[nH]c(/C=c3\[nH]/c(=C/C4=NC(=O)[C@H](C)/C4=C/C)c(C)c3CCC(=O)O)c(CCC(=O)OC)c2C)NC1=O. The number of rotatable bonds is 11. The van der Waals surface area contributed by atoms with Gasteiger partial charge in [-0.1, -0.05) is 18.7 Å². The molecule has 0 fully saturated rings. The molecule has 0 radical (unpaired) electrons. The smallest absolute Gasteiger partial charge is 0.305 e. The summed E-state index contributed by atoms with van der Waals surface area (Å²) < 4.78 is 4.90. The molecule has 0 bridgehead atoms. The van der Waals surface area contributed by atoms with Crippen LogP contribution < -0.4 is 16.0 Å². The zero-order valence-corrected chi connectivity index (χ0v) is 26.1. The lowest BCUT2D eigenvalue weighted by atomic mass is 9.98. The van der Waals surface area contributed by atoms with Crippen molar-refractivity contribution in [3.05, 3.63) is 79.8 Å². The molecule has 2 aromatic heterocycles. The van der Waals surface area contributed by atoms with Gasteiger partial charge in [0.1, 0.15) is 0 Å². The molecule has 0 aromatic carbocycles. The van der Waals surface area contributed by atoms with E-state index in [1.54, 1.807) is 6.08 Å².